The van der Waals surface area contributed by atoms with Crippen LogP contribution in [0.3, 0.4) is 0 Å². The van der Waals surface area contributed by atoms with Crippen molar-refractivity contribution in [2.45, 2.75) is 19.4 Å². The first-order valence-corrected chi connectivity index (χ1v) is 7.08. The summed E-state index contributed by atoms with van der Waals surface area (Å²) in [5.41, 5.74) is 6.07. The summed E-state index contributed by atoms with van der Waals surface area (Å²) >= 11 is 0. The first-order chi connectivity index (χ1) is 9.99. The predicted molar refractivity (Wildman–Crippen MR) is 77.1 cm³/mol. The minimum atomic E-state index is -0.524. The molecule has 1 heterocycles. The van der Waals surface area contributed by atoms with Crippen LogP contribution in [0.1, 0.15) is 23.7 Å². The standard InChI is InChI=1S/C15H20FN3O2/c1-11(17)14(20)18-7-2-8-19(10-9-18)15(21)12-3-5-13(16)6-4-12/h3-6,11H,2,7-10,17H2,1H3/t11-/m0/s1. The highest BCUT2D eigenvalue weighted by atomic mass is 19.1. The molecule has 2 amide bonds. The first-order valence-electron chi connectivity index (χ1n) is 7.08. The van der Waals surface area contributed by atoms with Crippen LogP contribution in [0.25, 0.3) is 0 Å². The molecule has 0 radical (unpaired) electrons. The van der Waals surface area contributed by atoms with Gasteiger partial charge in [-0.15, -0.1) is 0 Å². The molecule has 1 saturated heterocycles. The van der Waals surface area contributed by atoms with Gasteiger partial charge in [0.2, 0.25) is 5.91 Å². The lowest BCUT2D eigenvalue weighted by Gasteiger charge is -2.23. The number of carbonyl (C=O) groups excluding carboxylic acids is 2. The number of carbonyl (C=O) groups is 2. The van der Waals surface area contributed by atoms with Crippen molar-refractivity contribution in [1.29, 1.82) is 0 Å². The summed E-state index contributed by atoms with van der Waals surface area (Å²) < 4.78 is 12.9. The minimum Gasteiger partial charge on any atom is -0.340 e. The molecule has 6 heteroatoms. The number of hydrogen-bond acceptors (Lipinski definition) is 3. The number of nitrogens with two attached hydrogens (primary N) is 1. The average Bonchev–Trinajstić information content (AvgIpc) is 2.72. The summed E-state index contributed by atoms with van der Waals surface area (Å²) in [4.78, 5) is 27.6. The lowest BCUT2D eigenvalue weighted by atomic mass is 10.2. The van der Waals surface area contributed by atoms with Crippen molar-refractivity contribution in [3.05, 3.63) is 35.6 Å². The third-order valence-electron chi connectivity index (χ3n) is 3.58. The van der Waals surface area contributed by atoms with Gasteiger partial charge in [-0.2, -0.15) is 0 Å². The Morgan fingerprint density at radius 2 is 1.67 bits per heavy atom. The Labute approximate surface area is 123 Å². The van der Waals surface area contributed by atoms with Gasteiger partial charge in [0, 0.05) is 31.7 Å². The fraction of sp³-hybridized carbons (Fsp3) is 0.467. The SMILES string of the molecule is C[C@H](N)C(=O)N1CCCN(C(=O)c2ccc(F)cc2)CC1. The number of benzene rings is 1. The van der Waals surface area contributed by atoms with Gasteiger partial charge in [0.15, 0.2) is 0 Å². The number of amides is 2. The largest absolute Gasteiger partial charge is 0.340 e. The monoisotopic (exact) mass is 293 g/mol. The molecule has 1 aromatic carbocycles. The van der Waals surface area contributed by atoms with Crippen molar-refractivity contribution in [1.82, 2.24) is 9.80 Å². The zero-order valence-corrected chi connectivity index (χ0v) is 12.1. The van der Waals surface area contributed by atoms with Crippen molar-refractivity contribution in [2.75, 3.05) is 26.2 Å². The highest BCUT2D eigenvalue weighted by Crippen LogP contribution is 2.11. The Morgan fingerprint density at radius 3 is 2.29 bits per heavy atom. The third kappa shape index (κ3) is 3.78. The maximum absolute atomic E-state index is 12.9. The fourth-order valence-electron chi connectivity index (χ4n) is 2.40. The van der Waals surface area contributed by atoms with E-state index in [0.717, 1.165) is 0 Å². The van der Waals surface area contributed by atoms with Crippen molar-refractivity contribution >= 4 is 11.8 Å². The van der Waals surface area contributed by atoms with Gasteiger partial charge in [-0.05, 0) is 37.6 Å². The number of rotatable bonds is 2. The normalized spacial score (nSPS) is 17.3. The lowest BCUT2D eigenvalue weighted by molar-refractivity contribution is -0.132. The van der Waals surface area contributed by atoms with Gasteiger partial charge in [0.1, 0.15) is 5.82 Å². The third-order valence-corrected chi connectivity index (χ3v) is 3.58. The van der Waals surface area contributed by atoms with Crippen LogP contribution < -0.4 is 5.73 Å². The summed E-state index contributed by atoms with van der Waals surface area (Å²) in [5.74, 6) is -0.590. The van der Waals surface area contributed by atoms with Crippen molar-refractivity contribution in [2.24, 2.45) is 5.73 Å². The van der Waals surface area contributed by atoms with E-state index in [1.807, 2.05) is 0 Å². The van der Waals surface area contributed by atoms with Gasteiger partial charge in [0.25, 0.3) is 5.91 Å². The Morgan fingerprint density at radius 1 is 1.10 bits per heavy atom. The van der Waals surface area contributed by atoms with Crippen LogP contribution in [0.15, 0.2) is 24.3 Å². The van der Waals surface area contributed by atoms with Crippen molar-refractivity contribution in [3.63, 3.8) is 0 Å². The maximum Gasteiger partial charge on any atom is 0.253 e. The van der Waals surface area contributed by atoms with E-state index in [2.05, 4.69) is 0 Å². The molecule has 1 aliphatic rings. The minimum absolute atomic E-state index is 0.0916. The molecule has 0 saturated carbocycles. The van der Waals surface area contributed by atoms with Gasteiger partial charge in [-0.1, -0.05) is 0 Å². The molecule has 0 aliphatic carbocycles. The summed E-state index contributed by atoms with van der Waals surface area (Å²) in [7, 11) is 0. The molecule has 114 valence electrons. The van der Waals surface area contributed by atoms with Crippen molar-refractivity contribution in [3.8, 4) is 0 Å². The summed E-state index contributed by atoms with van der Waals surface area (Å²) in [5, 5.41) is 0. The molecular formula is C15H20FN3O2. The molecule has 1 aliphatic heterocycles. The zero-order chi connectivity index (χ0) is 15.4. The molecule has 0 spiro atoms. The van der Waals surface area contributed by atoms with Gasteiger partial charge < -0.3 is 15.5 Å². The molecule has 2 N–H and O–H groups in total. The zero-order valence-electron chi connectivity index (χ0n) is 12.1. The molecule has 1 aromatic rings. The van der Waals surface area contributed by atoms with Crippen LogP contribution in [-0.2, 0) is 4.79 Å². The summed E-state index contributed by atoms with van der Waals surface area (Å²) in [6, 6.07) is 4.99. The summed E-state index contributed by atoms with van der Waals surface area (Å²) in [6.07, 6.45) is 0.714. The Bertz CT molecular complexity index is 516. The van der Waals surface area contributed by atoms with Crippen LogP contribution in [0.2, 0.25) is 0 Å². The van der Waals surface area contributed by atoms with Gasteiger partial charge in [0.05, 0.1) is 6.04 Å². The van der Waals surface area contributed by atoms with E-state index in [1.54, 1.807) is 16.7 Å². The van der Waals surface area contributed by atoms with E-state index in [0.29, 0.717) is 38.2 Å². The average molecular weight is 293 g/mol. The molecule has 0 aromatic heterocycles. The highest BCUT2D eigenvalue weighted by Gasteiger charge is 2.24. The first kappa shape index (κ1) is 15.4. The van der Waals surface area contributed by atoms with Crippen LogP contribution >= 0.6 is 0 Å². The van der Waals surface area contributed by atoms with Gasteiger partial charge >= 0.3 is 0 Å². The fourth-order valence-corrected chi connectivity index (χ4v) is 2.40. The molecule has 2 rings (SSSR count). The van der Waals surface area contributed by atoms with E-state index in [1.165, 1.54) is 24.3 Å². The van der Waals surface area contributed by atoms with Gasteiger partial charge in [-0.3, -0.25) is 9.59 Å². The van der Waals surface area contributed by atoms with E-state index < -0.39 is 6.04 Å². The van der Waals surface area contributed by atoms with E-state index in [-0.39, 0.29) is 17.6 Å². The molecule has 21 heavy (non-hydrogen) atoms. The van der Waals surface area contributed by atoms with Crippen LogP contribution in [0.5, 0.6) is 0 Å². The lowest BCUT2D eigenvalue weighted by Crippen LogP contribution is -2.44. The Kier molecular flexibility index (Phi) is 4.90. The second kappa shape index (κ2) is 6.67. The highest BCUT2D eigenvalue weighted by molar-refractivity contribution is 5.94. The van der Waals surface area contributed by atoms with Gasteiger partial charge in [-0.25, -0.2) is 4.39 Å². The maximum atomic E-state index is 12.9. The summed E-state index contributed by atoms with van der Waals surface area (Å²) in [6.45, 7) is 3.79. The quantitative estimate of drug-likeness (QED) is 0.879. The predicted octanol–water partition coefficient (Wildman–Crippen LogP) is 0.847. The number of nitrogens with zero attached hydrogens (tertiary/aromatic N) is 2. The molecule has 5 nitrogen and oxygen atoms in total. The molecule has 0 unspecified atom stereocenters. The van der Waals surface area contributed by atoms with E-state index in [4.69, 9.17) is 5.73 Å². The number of halogens is 1. The Hall–Kier alpha value is -1.95. The van der Waals surface area contributed by atoms with Crippen LogP contribution in [0, 0.1) is 5.82 Å². The smallest absolute Gasteiger partial charge is 0.253 e. The second-order valence-electron chi connectivity index (χ2n) is 5.27. The Balaban J connectivity index is 2.01. The van der Waals surface area contributed by atoms with Crippen LogP contribution in [-0.4, -0.2) is 53.8 Å². The van der Waals surface area contributed by atoms with E-state index >= 15 is 0 Å². The number of hydrogen-bond donors (Lipinski definition) is 1. The molecular weight excluding hydrogens is 273 g/mol. The van der Waals surface area contributed by atoms with Crippen LogP contribution in [0.4, 0.5) is 4.39 Å². The van der Waals surface area contributed by atoms with Crippen molar-refractivity contribution < 1.29 is 14.0 Å². The van der Waals surface area contributed by atoms with E-state index in [9.17, 15) is 14.0 Å². The molecule has 0 bridgehead atoms. The second-order valence-corrected chi connectivity index (χ2v) is 5.27. The molecule has 1 fully saturated rings. The topological polar surface area (TPSA) is 66.6 Å². The molecule has 1 atom stereocenters.